The van der Waals surface area contributed by atoms with E-state index < -0.39 is 4.92 Å². The summed E-state index contributed by atoms with van der Waals surface area (Å²) >= 11 is 0. The minimum absolute atomic E-state index is 0.0604. The third kappa shape index (κ3) is 3.87. The minimum atomic E-state index is -0.470. The van der Waals surface area contributed by atoms with Crippen molar-refractivity contribution in [2.24, 2.45) is 0 Å². The predicted octanol–water partition coefficient (Wildman–Crippen LogP) is 4.73. The number of benzene rings is 3. The number of hydrogen-bond donors (Lipinski definition) is 1. The van der Waals surface area contributed by atoms with Gasteiger partial charge in [0.15, 0.2) is 0 Å². The summed E-state index contributed by atoms with van der Waals surface area (Å²) in [5.41, 5.74) is 3.59. The molecule has 3 aromatic rings. The second kappa shape index (κ2) is 7.83. The van der Waals surface area contributed by atoms with Crippen molar-refractivity contribution in [2.45, 2.75) is 19.9 Å². The highest BCUT2D eigenvalue weighted by Crippen LogP contribution is 2.27. The van der Waals surface area contributed by atoms with E-state index in [-0.39, 0.29) is 17.6 Å². The molecule has 0 bridgehead atoms. The first-order chi connectivity index (χ1) is 13.0. The van der Waals surface area contributed by atoms with Crippen LogP contribution in [-0.2, 0) is 0 Å². The number of nitrogens with zero attached hydrogens (tertiary/aromatic N) is 1. The van der Waals surface area contributed by atoms with E-state index >= 15 is 0 Å². The molecular formula is C22H20N2O3. The Labute approximate surface area is 157 Å². The molecule has 5 heteroatoms. The van der Waals surface area contributed by atoms with Gasteiger partial charge in [-0.1, -0.05) is 60.7 Å². The van der Waals surface area contributed by atoms with Gasteiger partial charge in [0.05, 0.1) is 11.0 Å². The van der Waals surface area contributed by atoms with Gasteiger partial charge in [-0.2, -0.15) is 0 Å². The highest BCUT2D eigenvalue weighted by Gasteiger charge is 2.22. The summed E-state index contributed by atoms with van der Waals surface area (Å²) in [5, 5.41) is 14.2. The quantitative estimate of drug-likeness (QED) is 0.528. The van der Waals surface area contributed by atoms with E-state index in [1.54, 1.807) is 13.0 Å². The maximum atomic E-state index is 13.0. The molecule has 27 heavy (non-hydrogen) atoms. The van der Waals surface area contributed by atoms with Crippen LogP contribution >= 0.6 is 0 Å². The molecule has 0 radical (unpaired) electrons. The molecule has 5 nitrogen and oxygen atoms in total. The average molecular weight is 360 g/mol. The Morgan fingerprint density at radius 1 is 0.926 bits per heavy atom. The third-order valence-electron chi connectivity index (χ3n) is 4.65. The minimum Gasteiger partial charge on any atom is -0.341 e. The highest BCUT2D eigenvalue weighted by atomic mass is 16.6. The monoisotopic (exact) mass is 360 g/mol. The lowest BCUT2D eigenvalue weighted by molar-refractivity contribution is -0.385. The smallest absolute Gasteiger partial charge is 0.273 e. The number of rotatable bonds is 5. The Hall–Kier alpha value is -3.47. The fourth-order valence-corrected chi connectivity index (χ4v) is 3.17. The van der Waals surface area contributed by atoms with Crippen LogP contribution in [0.2, 0.25) is 0 Å². The normalized spacial score (nSPS) is 11.6. The number of nitrogens with one attached hydrogen (secondary N) is 1. The van der Waals surface area contributed by atoms with Gasteiger partial charge < -0.3 is 5.32 Å². The Kier molecular flexibility index (Phi) is 5.31. The van der Waals surface area contributed by atoms with Crippen molar-refractivity contribution in [3.63, 3.8) is 0 Å². The van der Waals surface area contributed by atoms with E-state index in [4.69, 9.17) is 0 Å². The summed E-state index contributed by atoms with van der Waals surface area (Å²) in [6, 6.07) is 21.7. The van der Waals surface area contributed by atoms with Gasteiger partial charge in [-0.15, -0.1) is 0 Å². The largest absolute Gasteiger partial charge is 0.341 e. The van der Waals surface area contributed by atoms with E-state index in [9.17, 15) is 14.9 Å². The number of carbonyl (C=O) groups excluding carboxylic acids is 1. The Morgan fingerprint density at radius 3 is 2.26 bits per heavy atom. The summed E-state index contributed by atoms with van der Waals surface area (Å²) < 4.78 is 0. The van der Waals surface area contributed by atoms with Gasteiger partial charge in [-0.05, 0) is 36.6 Å². The van der Waals surface area contributed by atoms with E-state index in [1.165, 1.54) is 12.1 Å². The fourth-order valence-electron chi connectivity index (χ4n) is 3.17. The first-order valence-corrected chi connectivity index (χ1v) is 8.64. The predicted molar refractivity (Wildman–Crippen MR) is 105 cm³/mol. The van der Waals surface area contributed by atoms with Gasteiger partial charge in [0, 0.05) is 17.2 Å². The van der Waals surface area contributed by atoms with Crippen LogP contribution in [0.3, 0.4) is 0 Å². The molecule has 0 saturated heterocycles. The van der Waals surface area contributed by atoms with E-state index in [2.05, 4.69) is 5.32 Å². The Balaban J connectivity index is 2.01. The molecule has 0 aliphatic heterocycles. The summed E-state index contributed by atoms with van der Waals surface area (Å²) in [4.78, 5) is 23.7. The van der Waals surface area contributed by atoms with Gasteiger partial charge in [0.1, 0.15) is 0 Å². The molecule has 1 unspecified atom stereocenters. The number of aryl methyl sites for hydroxylation is 1. The van der Waals surface area contributed by atoms with Crippen LogP contribution in [0.15, 0.2) is 72.8 Å². The van der Waals surface area contributed by atoms with Gasteiger partial charge in [-0.25, -0.2) is 0 Å². The van der Waals surface area contributed by atoms with Gasteiger partial charge in [0.25, 0.3) is 11.6 Å². The van der Waals surface area contributed by atoms with Crippen LogP contribution in [0, 0.1) is 24.0 Å². The molecule has 1 atom stereocenters. The van der Waals surface area contributed by atoms with Crippen molar-refractivity contribution in [3.8, 4) is 0 Å². The maximum Gasteiger partial charge on any atom is 0.273 e. The topological polar surface area (TPSA) is 72.2 Å². The molecule has 3 aromatic carbocycles. The van der Waals surface area contributed by atoms with E-state index in [0.717, 1.165) is 16.7 Å². The summed E-state index contributed by atoms with van der Waals surface area (Å²) in [5.74, 6) is -0.340. The van der Waals surface area contributed by atoms with Crippen LogP contribution < -0.4 is 5.32 Å². The second-order valence-corrected chi connectivity index (χ2v) is 6.38. The van der Waals surface area contributed by atoms with E-state index in [1.807, 2.05) is 61.5 Å². The lowest BCUT2D eigenvalue weighted by Gasteiger charge is -2.22. The lowest BCUT2D eigenvalue weighted by atomic mass is 9.94. The number of hydrogen-bond acceptors (Lipinski definition) is 3. The molecule has 0 aliphatic carbocycles. The molecule has 0 fully saturated rings. The van der Waals surface area contributed by atoms with Crippen LogP contribution in [0.5, 0.6) is 0 Å². The molecule has 0 aliphatic rings. The zero-order chi connectivity index (χ0) is 19.4. The van der Waals surface area contributed by atoms with Crippen LogP contribution in [-0.4, -0.2) is 10.8 Å². The maximum absolute atomic E-state index is 13.0. The first-order valence-electron chi connectivity index (χ1n) is 8.64. The van der Waals surface area contributed by atoms with Crippen LogP contribution in [0.25, 0.3) is 0 Å². The van der Waals surface area contributed by atoms with Gasteiger partial charge in [0.2, 0.25) is 0 Å². The Morgan fingerprint density at radius 2 is 1.59 bits per heavy atom. The van der Waals surface area contributed by atoms with Crippen molar-refractivity contribution >= 4 is 11.6 Å². The average Bonchev–Trinajstić information content (AvgIpc) is 2.67. The molecule has 0 spiro atoms. The molecular weight excluding hydrogens is 340 g/mol. The second-order valence-electron chi connectivity index (χ2n) is 6.38. The number of amides is 1. The lowest BCUT2D eigenvalue weighted by Crippen LogP contribution is -2.30. The molecule has 136 valence electrons. The van der Waals surface area contributed by atoms with Crippen molar-refractivity contribution < 1.29 is 9.72 Å². The van der Waals surface area contributed by atoms with Gasteiger partial charge in [-0.3, -0.25) is 14.9 Å². The number of nitro benzene ring substituents is 1. The van der Waals surface area contributed by atoms with Crippen molar-refractivity contribution in [2.75, 3.05) is 0 Å². The SMILES string of the molecule is Cc1ccccc1C(NC(=O)c1cccc([N+](=O)[O-])c1C)c1ccccc1. The molecule has 0 heterocycles. The third-order valence-corrected chi connectivity index (χ3v) is 4.65. The van der Waals surface area contributed by atoms with E-state index in [0.29, 0.717) is 11.1 Å². The van der Waals surface area contributed by atoms with Crippen molar-refractivity contribution in [3.05, 3.63) is 111 Å². The summed E-state index contributed by atoms with van der Waals surface area (Å²) in [7, 11) is 0. The summed E-state index contributed by atoms with van der Waals surface area (Å²) in [6.07, 6.45) is 0. The van der Waals surface area contributed by atoms with Crippen molar-refractivity contribution in [1.82, 2.24) is 5.32 Å². The highest BCUT2D eigenvalue weighted by molar-refractivity contribution is 5.97. The van der Waals surface area contributed by atoms with Crippen LogP contribution in [0.1, 0.15) is 38.7 Å². The zero-order valence-corrected chi connectivity index (χ0v) is 15.2. The zero-order valence-electron chi connectivity index (χ0n) is 15.2. The van der Waals surface area contributed by atoms with Crippen molar-refractivity contribution in [1.29, 1.82) is 0 Å². The fraction of sp³-hybridized carbons (Fsp3) is 0.136. The standard InChI is InChI=1S/C22H20N2O3/c1-15-9-6-7-12-18(15)21(17-10-4-3-5-11-17)23-22(25)19-13-8-14-20(16(19)2)24(26)27/h3-14,21H,1-2H3,(H,23,25). The summed E-state index contributed by atoms with van der Waals surface area (Å²) in [6.45, 7) is 3.59. The van der Waals surface area contributed by atoms with Gasteiger partial charge >= 0.3 is 0 Å². The number of nitro groups is 1. The molecule has 1 amide bonds. The molecule has 1 N–H and O–H groups in total. The first kappa shape index (κ1) is 18.3. The molecule has 0 aromatic heterocycles. The number of carbonyl (C=O) groups is 1. The Bertz CT molecular complexity index is 984. The molecule has 0 saturated carbocycles. The molecule has 3 rings (SSSR count). The van der Waals surface area contributed by atoms with Crippen LogP contribution in [0.4, 0.5) is 5.69 Å².